The number of hydrogen-bond acceptors (Lipinski definition) is 2. The fourth-order valence-corrected chi connectivity index (χ4v) is 2.29. The molecular weight excluding hydrogens is 276 g/mol. The van der Waals surface area contributed by atoms with Gasteiger partial charge in [0.15, 0.2) is 0 Å². The zero-order chi connectivity index (χ0) is 15.8. The second-order valence-electron chi connectivity index (χ2n) is 4.91. The molecule has 0 radical (unpaired) electrons. The van der Waals surface area contributed by atoms with E-state index in [4.69, 9.17) is 4.74 Å². The number of benzene rings is 2. The second kappa shape index (κ2) is 8.08. The first-order valence-corrected chi connectivity index (χ1v) is 7.48. The summed E-state index contributed by atoms with van der Waals surface area (Å²) in [4.78, 5) is 14.0. The summed E-state index contributed by atoms with van der Waals surface area (Å²) >= 11 is 0. The van der Waals surface area contributed by atoms with E-state index < -0.39 is 0 Å². The van der Waals surface area contributed by atoms with Crippen LogP contribution in [0.15, 0.2) is 54.6 Å². The quantitative estimate of drug-likeness (QED) is 0.887. The van der Waals surface area contributed by atoms with Gasteiger partial charge in [-0.25, -0.2) is 4.79 Å². The average molecular weight is 298 g/mol. The molecule has 116 valence electrons. The topological polar surface area (TPSA) is 41.6 Å². The van der Waals surface area contributed by atoms with Crippen molar-refractivity contribution in [3.8, 4) is 5.75 Å². The molecule has 0 spiro atoms. The number of carbonyl (C=O) groups excluding carboxylic acids is 1. The lowest BCUT2D eigenvalue weighted by Gasteiger charge is -2.21. The first kappa shape index (κ1) is 15.9. The molecule has 0 aliphatic rings. The van der Waals surface area contributed by atoms with Gasteiger partial charge >= 0.3 is 6.03 Å². The van der Waals surface area contributed by atoms with Crippen molar-refractivity contribution < 1.29 is 9.53 Å². The van der Waals surface area contributed by atoms with Gasteiger partial charge in [0.25, 0.3) is 0 Å². The van der Waals surface area contributed by atoms with E-state index >= 15 is 0 Å². The average Bonchev–Trinajstić information content (AvgIpc) is 2.57. The van der Waals surface area contributed by atoms with E-state index in [0.717, 1.165) is 23.4 Å². The Morgan fingerprint density at radius 1 is 1.14 bits per heavy atom. The van der Waals surface area contributed by atoms with Gasteiger partial charge in [0.05, 0.1) is 7.11 Å². The van der Waals surface area contributed by atoms with Gasteiger partial charge in [-0.15, -0.1) is 0 Å². The highest BCUT2D eigenvalue weighted by molar-refractivity contribution is 5.91. The van der Waals surface area contributed by atoms with Crippen LogP contribution in [0.1, 0.15) is 12.5 Å². The number of anilines is 1. The van der Waals surface area contributed by atoms with Crippen LogP contribution in [0.5, 0.6) is 5.75 Å². The summed E-state index contributed by atoms with van der Waals surface area (Å²) in [7, 11) is 1.65. The number of nitrogens with one attached hydrogen (secondary N) is 1. The Balaban J connectivity index is 1.89. The first-order chi connectivity index (χ1) is 10.7. The van der Waals surface area contributed by atoms with Crippen LogP contribution in [0.4, 0.5) is 10.5 Å². The Kier molecular flexibility index (Phi) is 5.83. The summed E-state index contributed by atoms with van der Waals surface area (Å²) in [5, 5.41) is 2.96. The number of amides is 2. The third kappa shape index (κ3) is 4.25. The fourth-order valence-electron chi connectivity index (χ4n) is 2.29. The summed E-state index contributed by atoms with van der Waals surface area (Å²) in [6, 6.07) is 17.5. The number of para-hydroxylation sites is 1. The molecular formula is C18H22N2O2. The predicted molar refractivity (Wildman–Crippen MR) is 89.6 cm³/mol. The lowest BCUT2D eigenvalue weighted by Crippen LogP contribution is -2.40. The van der Waals surface area contributed by atoms with Crippen LogP contribution in [0.3, 0.4) is 0 Å². The van der Waals surface area contributed by atoms with Crippen molar-refractivity contribution in [2.75, 3.05) is 25.1 Å². The van der Waals surface area contributed by atoms with Crippen LogP contribution >= 0.6 is 0 Å². The zero-order valence-electron chi connectivity index (χ0n) is 13.1. The minimum Gasteiger partial charge on any atom is -0.497 e. The van der Waals surface area contributed by atoms with Crippen LogP contribution in [-0.2, 0) is 6.42 Å². The number of ether oxygens (including phenoxy) is 1. The number of rotatable bonds is 6. The summed E-state index contributed by atoms with van der Waals surface area (Å²) < 4.78 is 5.20. The van der Waals surface area contributed by atoms with Crippen molar-refractivity contribution in [2.24, 2.45) is 0 Å². The van der Waals surface area contributed by atoms with E-state index in [0.29, 0.717) is 13.1 Å². The van der Waals surface area contributed by atoms with Gasteiger partial charge < -0.3 is 10.1 Å². The van der Waals surface area contributed by atoms with Crippen molar-refractivity contribution in [1.29, 1.82) is 0 Å². The van der Waals surface area contributed by atoms with Gasteiger partial charge in [-0.05, 0) is 43.2 Å². The van der Waals surface area contributed by atoms with E-state index in [1.165, 1.54) is 0 Å². The van der Waals surface area contributed by atoms with Gasteiger partial charge in [0.1, 0.15) is 5.75 Å². The van der Waals surface area contributed by atoms with Crippen LogP contribution in [-0.4, -0.2) is 26.2 Å². The maximum absolute atomic E-state index is 12.3. The van der Waals surface area contributed by atoms with Crippen LogP contribution in [0.25, 0.3) is 0 Å². The maximum atomic E-state index is 12.3. The lowest BCUT2D eigenvalue weighted by molar-refractivity contribution is 0.246. The summed E-state index contributed by atoms with van der Waals surface area (Å²) in [6.07, 6.45) is 0.773. The minimum atomic E-state index is -0.0726. The Bertz CT molecular complexity index is 599. The molecule has 0 aromatic heterocycles. The molecule has 2 aromatic rings. The first-order valence-electron chi connectivity index (χ1n) is 7.48. The minimum absolute atomic E-state index is 0.0726. The Morgan fingerprint density at radius 2 is 1.91 bits per heavy atom. The molecule has 4 heteroatoms. The van der Waals surface area contributed by atoms with Crippen molar-refractivity contribution in [3.63, 3.8) is 0 Å². The molecule has 0 aliphatic carbocycles. The van der Waals surface area contributed by atoms with Gasteiger partial charge in [0, 0.05) is 18.8 Å². The molecule has 0 heterocycles. The predicted octanol–water partition coefficient (Wildman–Crippen LogP) is 3.47. The summed E-state index contributed by atoms with van der Waals surface area (Å²) in [6.45, 7) is 3.19. The monoisotopic (exact) mass is 298 g/mol. The van der Waals surface area contributed by atoms with Gasteiger partial charge in [-0.3, -0.25) is 4.90 Å². The van der Waals surface area contributed by atoms with Crippen molar-refractivity contribution >= 4 is 11.7 Å². The fraction of sp³-hybridized carbons (Fsp3) is 0.278. The SMILES string of the molecule is CCN(C(=O)NCCc1cccc(OC)c1)c1ccccc1. The Morgan fingerprint density at radius 3 is 2.59 bits per heavy atom. The zero-order valence-corrected chi connectivity index (χ0v) is 13.1. The number of methoxy groups -OCH3 is 1. The van der Waals surface area contributed by atoms with Gasteiger partial charge in [-0.1, -0.05) is 30.3 Å². The van der Waals surface area contributed by atoms with E-state index in [1.807, 2.05) is 61.5 Å². The molecule has 22 heavy (non-hydrogen) atoms. The smallest absolute Gasteiger partial charge is 0.321 e. The molecule has 0 saturated heterocycles. The number of hydrogen-bond donors (Lipinski definition) is 1. The molecule has 0 bridgehead atoms. The van der Waals surface area contributed by atoms with Crippen LogP contribution in [0, 0.1) is 0 Å². The largest absolute Gasteiger partial charge is 0.497 e. The highest BCUT2D eigenvalue weighted by atomic mass is 16.5. The van der Waals surface area contributed by atoms with E-state index in [1.54, 1.807) is 12.0 Å². The number of urea groups is 1. The summed E-state index contributed by atoms with van der Waals surface area (Å²) in [5.74, 6) is 0.836. The van der Waals surface area contributed by atoms with Gasteiger partial charge in [0.2, 0.25) is 0 Å². The molecule has 1 N–H and O–H groups in total. The molecule has 2 amide bonds. The molecule has 4 nitrogen and oxygen atoms in total. The van der Waals surface area contributed by atoms with Crippen LogP contribution in [0.2, 0.25) is 0 Å². The Labute approximate surface area is 131 Å². The van der Waals surface area contributed by atoms with Crippen molar-refractivity contribution in [3.05, 3.63) is 60.2 Å². The normalized spacial score (nSPS) is 10.1. The molecule has 2 rings (SSSR count). The summed E-state index contributed by atoms with van der Waals surface area (Å²) in [5.41, 5.74) is 2.05. The Hall–Kier alpha value is -2.49. The lowest BCUT2D eigenvalue weighted by atomic mass is 10.1. The van der Waals surface area contributed by atoms with Crippen LogP contribution < -0.4 is 15.0 Å². The molecule has 0 fully saturated rings. The maximum Gasteiger partial charge on any atom is 0.321 e. The van der Waals surface area contributed by atoms with E-state index in [2.05, 4.69) is 5.32 Å². The van der Waals surface area contributed by atoms with E-state index in [9.17, 15) is 4.79 Å². The van der Waals surface area contributed by atoms with Crippen molar-refractivity contribution in [1.82, 2.24) is 5.32 Å². The molecule has 0 aliphatic heterocycles. The molecule has 0 atom stereocenters. The number of nitrogens with zero attached hydrogens (tertiary/aromatic N) is 1. The second-order valence-corrected chi connectivity index (χ2v) is 4.91. The standard InChI is InChI=1S/C18H22N2O2/c1-3-20(16-9-5-4-6-10-16)18(21)19-13-12-15-8-7-11-17(14-15)22-2/h4-11,14H,3,12-13H2,1-2H3,(H,19,21). The third-order valence-corrected chi connectivity index (χ3v) is 3.45. The highest BCUT2D eigenvalue weighted by Gasteiger charge is 2.12. The molecule has 0 saturated carbocycles. The third-order valence-electron chi connectivity index (χ3n) is 3.45. The number of carbonyl (C=O) groups is 1. The van der Waals surface area contributed by atoms with Gasteiger partial charge in [-0.2, -0.15) is 0 Å². The highest BCUT2D eigenvalue weighted by Crippen LogP contribution is 2.14. The molecule has 0 unspecified atom stereocenters. The van der Waals surface area contributed by atoms with E-state index in [-0.39, 0.29) is 6.03 Å². The molecule has 2 aromatic carbocycles. The van der Waals surface area contributed by atoms with Crippen molar-refractivity contribution in [2.45, 2.75) is 13.3 Å².